The Morgan fingerprint density at radius 1 is 1.55 bits per heavy atom. The van der Waals surface area contributed by atoms with Crippen LogP contribution in [0.5, 0.6) is 0 Å². The zero-order valence-electron chi connectivity index (χ0n) is 5.92. The number of Topliss-reactive ketones (excluding diaryl/α,β-unsaturated/α-hetero) is 1. The smallest absolute Gasteiger partial charge is 0.314 e. The number of halogens is 1. The van der Waals surface area contributed by atoms with Crippen LogP contribution in [0.15, 0.2) is 0 Å². The fourth-order valence-electron chi connectivity index (χ4n) is 1.25. The molecule has 1 rings (SSSR count). The summed E-state index contributed by atoms with van der Waals surface area (Å²) in [4.78, 5) is 21.4. The zero-order chi connectivity index (χ0) is 8.43. The maximum absolute atomic E-state index is 11.1. The highest BCUT2D eigenvalue weighted by Gasteiger charge is 2.34. The van der Waals surface area contributed by atoms with Crippen molar-refractivity contribution in [3.63, 3.8) is 0 Å². The van der Waals surface area contributed by atoms with E-state index >= 15 is 0 Å². The van der Waals surface area contributed by atoms with Gasteiger partial charge in [-0.15, -0.1) is 0 Å². The summed E-state index contributed by atoms with van der Waals surface area (Å²) in [5.74, 6) is -1.93. The van der Waals surface area contributed by atoms with Crippen molar-refractivity contribution in [2.75, 3.05) is 0 Å². The van der Waals surface area contributed by atoms with Crippen LogP contribution in [-0.4, -0.2) is 21.7 Å². The standard InChI is InChI=1S/C7H9BrO3/c8-5-3-1-2-4(6(5)9)7(10)11/h4-5H,1-3H2,(H,10,11). The normalized spacial score (nSPS) is 31.9. The fourth-order valence-corrected chi connectivity index (χ4v) is 1.89. The number of carboxylic acids is 1. The molecule has 4 heteroatoms. The van der Waals surface area contributed by atoms with Gasteiger partial charge in [-0.2, -0.15) is 0 Å². The van der Waals surface area contributed by atoms with Crippen molar-refractivity contribution in [3.8, 4) is 0 Å². The van der Waals surface area contributed by atoms with E-state index in [0.29, 0.717) is 6.42 Å². The molecular formula is C7H9BrO3. The second-order valence-electron chi connectivity index (χ2n) is 2.69. The summed E-state index contributed by atoms with van der Waals surface area (Å²) in [5, 5.41) is 8.58. The van der Waals surface area contributed by atoms with Gasteiger partial charge in [-0.05, 0) is 12.8 Å². The SMILES string of the molecule is O=C(O)C1CCCC(Br)C1=O. The van der Waals surface area contributed by atoms with Crippen molar-refractivity contribution in [3.05, 3.63) is 0 Å². The third-order valence-electron chi connectivity index (χ3n) is 1.90. The van der Waals surface area contributed by atoms with Crippen LogP contribution in [-0.2, 0) is 9.59 Å². The molecule has 0 radical (unpaired) electrons. The van der Waals surface area contributed by atoms with Crippen molar-refractivity contribution in [2.45, 2.75) is 24.1 Å². The first-order valence-electron chi connectivity index (χ1n) is 3.53. The summed E-state index contributed by atoms with van der Waals surface area (Å²) in [6.45, 7) is 0. The van der Waals surface area contributed by atoms with E-state index in [2.05, 4.69) is 15.9 Å². The molecule has 11 heavy (non-hydrogen) atoms. The van der Waals surface area contributed by atoms with Crippen molar-refractivity contribution in [1.29, 1.82) is 0 Å². The molecule has 1 fully saturated rings. The van der Waals surface area contributed by atoms with Gasteiger partial charge in [-0.25, -0.2) is 0 Å². The van der Waals surface area contributed by atoms with E-state index in [0.717, 1.165) is 12.8 Å². The molecule has 0 heterocycles. The van der Waals surface area contributed by atoms with Gasteiger partial charge in [0.15, 0.2) is 5.78 Å². The topological polar surface area (TPSA) is 54.4 Å². The Bertz CT molecular complexity index is 190. The number of hydrogen-bond donors (Lipinski definition) is 1. The number of alkyl halides is 1. The average Bonchev–Trinajstić information content (AvgIpc) is 1.94. The van der Waals surface area contributed by atoms with Crippen molar-refractivity contribution in [1.82, 2.24) is 0 Å². The molecule has 0 spiro atoms. The molecule has 1 N–H and O–H groups in total. The first kappa shape index (κ1) is 8.71. The van der Waals surface area contributed by atoms with Crippen LogP contribution >= 0.6 is 15.9 Å². The maximum Gasteiger partial charge on any atom is 0.314 e. The predicted molar refractivity (Wildman–Crippen MR) is 42.7 cm³/mol. The number of aliphatic carboxylic acids is 1. The third kappa shape index (κ3) is 1.80. The number of carbonyl (C=O) groups is 2. The van der Waals surface area contributed by atoms with E-state index in [1.54, 1.807) is 0 Å². The Morgan fingerprint density at radius 3 is 2.64 bits per heavy atom. The van der Waals surface area contributed by atoms with Gasteiger partial charge < -0.3 is 5.11 Å². The average molecular weight is 221 g/mol. The minimum absolute atomic E-state index is 0.177. The van der Waals surface area contributed by atoms with Gasteiger partial charge in [0.05, 0.1) is 4.83 Å². The Labute approximate surface area is 72.9 Å². The summed E-state index contributed by atoms with van der Waals surface area (Å²) in [7, 11) is 0. The molecule has 0 bridgehead atoms. The first-order chi connectivity index (χ1) is 5.13. The Morgan fingerprint density at radius 2 is 2.18 bits per heavy atom. The zero-order valence-corrected chi connectivity index (χ0v) is 7.50. The minimum Gasteiger partial charge on any atom is -0.481 e. The lowest BCUT2D eigenvalue weighted by Crippen LogP contribution is -2.33. The van der Waals surface area contributed by atoms with E-state index in [9.17, 15) is 9.59 Å². The van der Waals surface area contributed by atoms with Crippen LogP contribution in [0.1, 0.15) is 19.3 Å². The molecule has 62 valence electrons. The van der Waals surface area contributed by atoms with Crippen molar-refractivity contribution in [2.24, 2.45) is 5.92 Å². The van der Waals surface area contributed by atoms with E-state index in [-0.39, 0.29) is 10.6 Å². The summed E-state index contributed by atoms with van der Waals surface area (Å²) in [5.41, 5.74) is 0. The highest BCUT2D eigenvalue weighted by Crippen LogP contribution is 2.25. The van der Waals surface area contributed by atoms with Crippen LogP contribution in [0.2, 0.25) is 0 Å². The Kier molecular flexibility index (Phi) is 2.65. The first-order valence-corrected chi connectivity index (χ1v) is 4.45. The highest BCUT2D eigenvalue weighted by atomic mass is 79.9. The lowest BCUT2D eigenvalue weighted by atomic mass is 9.88. The lowest BCUT2D eigenvalue weighted by molar-refractivity contribution is -0.147. The van der Waals surface area contributed by atoms with E-state index in [1.807, 2.05) is 0 Å². The molecule has 0 aromatic heterocycles. The van der Waals surface area contributed by atoms with E-state index < -0.39 is 11.9 Å². The number of hydrogen-bond acceptors (Lipinski definition) is 2. The second-order valence-corrected chi connectivity index (χ2v) is 3.80. The maximum atomic E-state index is 11.1. The molecule has 0 aromatic carbocycles. The van der Waals surface area contributed by atoms with Gasteiger partial charge in [0, 0.05) is 0 Å². The van der Waals surface area contributed by atoms with Crippen LogP contribution in [0.3, 0.4) is 0 Å². The number of rotatable bonds is 1. The van der Waals surface area contributed by atoms with Gasteiger partial charge in [0.2, 0.25) is 0 Å². The fraction of sp³-hybridized carbons (Fsp3) is 0.714. The van der Waals surface area contributed by atoms with E-state index in [1.165, 1.54) is 0 Å². The summed E-state index contributed by atoms with van der Waals surface area (Å²) >= 11 is 3.15. The van der Waals surface area contributed by atoms with Crippen LogP contribution in [0.4, 0.5) is 0 Å². The van der Waals surface area contributed by atoms with Gasteiger partial charge >= 0.3 is 5.97 Å². The lowest BCUT2D eigenvalue weighted by Gasteiger charge is -2.20. The van der Waals surface area contributed by atoms with Crippen LogP contribution in [0, 0.1) is 5.92 Å². The molecule has 0 aromatic rings. The number of ketones is 1. The second kappa shape index (κ2) is 3.34. The van der Waals surface area contributed by atoms with E-state index in [4.69, 9.17) is 5.11 Å². The highest BCUT2D eigenvalue weighted by molar-refractivity contribution is 9.10. The quantitative estimate of drug-likeness (QED) is 0.534. The van der Waals surface area contributed by atoms with Gasteiger partial charge in [0.25, 0.3) is 0 Å². The molecule has 0 amide bonds. The number of carbonyl (C=O) groups excluding carboxylic acids is 1. The Balaban J connectivity index is 2.66. The minimum atomic E-state index is -0.987. The van der Waals surface area contributed by atoms with Crippen molar-refractivity contribution >= 4 is 27.7 Å². The summed E-state index contributed by atoms with van der Waals surface area (Å²) in [6, 6.07) is 0. The van der Waals surface area contributed by atoms with Crippen LogP contribution in [0.25, 0.3) is 0 Å². The van der Waals surface area contributed by atoms with Gasteiger partial charge in [-0.1, -0.05) is 22.4 Å². The molecule has 1 aliphatic carbocycles. The third-order valence-corrected chi connectivity index (χ3v) is 2.81. The monoisotopic (exact) mass is 220 g/mol. The molecule has 0 aliphatic heterocycles. The molecule has 0 saturated heterocycles. The molecule has 2 atom stereocenters. The van der Waals surface area contributed by atoms with Crippen molar-refractivity contribution < 1.29 is 14.7 Å². The molecule has 1 aliphatic rings. The van der Waals surface area contributed by atoms with Gasteiger partial charge in [0.1, 0.15) is 5.92 Å². The van der Waals surface area contributed by atoms with Crippen LogP contribution < -0.4 is 0 Å². The summed E-state index contributed by atoms with van der Waals surface area (Å²) < 4.78 is 0. The number of carboxylic acid groups (broad SMARTS) is 1. The Hall–Kier alpha value is -0.380. The largest absolute Gasteiger partial charge is 0.481 e. The molecule has 2 unspecified atom stereocenters. The summed E-state index contributed by atoms with van der Waals surface area (Å²) in [6.07, 6.45) is 2.08. The molecule has 3 nitrogen and oxygen atoms in total. The molecule has 1 saturated carbocycles. The van der Waals surface area contributed by atoms with Gasteiger partial charge in [-0.3, -0.25) is 9.59 Å². The molecular weight excluding hydrogens is 212 g/mol. The predicted octanol–water partition coefficient (Wildman–Crippen LogP) is 1.20.